The summed E-state index contributed by atoms with van der Waals surface area (Å²) >= 11 is 0. The maximum atomic E-state index is 8.93. The summed E-state index contributed by atoms with van der Waals surface area (Å²) < 4.78 is 0. The Morgan fingerprint density at radius 3 is 1.80 bits per heavy atom. The van der Waals surface area contributed by atoms with Crippen molar-refractivity contribution >= 4 is 0 Å². The molecular weight excluding hydrogens is 128 g/mol. The minimum Gasteiger partial charge on any atom is -0.396 e. The quantitative estimate of drug-likeness (QED) is 0.621. The molecule has 0 aromatic rings. The second-order valence-electron chi connectivity index (χ2n) is 3.28. The predicted octanol–water partition coefficient (Wildman–Crippen LogP) is 1.02. The van der Waals surface area contributed by atoms with Crippen molar-refractivity contribution in [2.45, 2.75) is 27.2 Å². The molecule has 62 valence electrons. The van der Waals surface area contributed by atoms with Gasteiger partial charge in [-0.3, -0.25) is 0 Å². The maximum Gasteiger partial charge on any atom is 0.0509 e. The van der Waals surface area contributed by atoms with Crippen LogP contribution >= 0.6 is 0 Å². The number of hydrogen-bond acceptors (Lipinski definition) is 2. The van der Waals surface area contributed by atoms with E-state index in [2.05, 4.69) is 6.92 Å². The van der Waals surface area contributed by atoms with E-state index in [1.54, 1.807) is 0 Å². The topological polar surface area (TPSA) is 40.5 Å². The highest BCUT2D eigenvalue weighted by Gasteiger charge is 2.28. The Bertz CT molecular complexity index is 87.3. The SMILES string of the molecule is CC[C@@H](C)C(C)(CO)CO. The average molecular weight is 146 g/mol. The molecule has 10 heavy (non-hydrogen) atoms. The zero-order chi connectivity index (χ0) is 8.20. The van der Waals surface area contributed by atoms with Gasteiger partial charge in [0.05, 0.1) is 13.2 Å². The van der Waals surface area contributed by atoms with Crippen LogP contribution in [0.15, 0.2) is 0 Å². The van der Waals surface area contributed by atoms with Gasteiger partial charge in [0.15, 0.2) is 0 Å². The fourth-order valence-corrected chi connectivity index (χ4v) is 0.854. The van der Waals surface area contributed by atoms with Crippen LogP contribution in [0.1, 0.15) is 27.2 Å². The number of hydrogen-bond donors (Lipinski definition) is 2. The molecule has 0 radical (unpaired) electrons. The van der Waals surface area contributed by atoms with Crippen LogP contribution in [0.4, 0.5) is 0 Å². The molecule has 2 N–H and O–H groups in total. The van der Waals surface area contributed by atoms with Gasteiger partial charge < -0.3 is 10.2 Å². The molecule has 0 aliphatic rings. The van der Waals surface area contributed by atoms with Crippen LogP contribution in [0.5, 0.6) is 0 Å². The van der Waals surface area contributed by atoms with Crippen molar-refractivity contribution < 1.29 is 10.2 Å². The third-order valence-electron chi connectivity index (χ3n) is 2.52. The van der Waals surface area contributed by atoms with Gasteiger partial charge in [-0.25, -0.2) is 0 Å². The molecule has 0 rings (SSSR count). The zero-order valence-corrected chi connectivity index (χ0v) is 7.09. The van der Waals surface area contributed by atoms with Crippen molar-refractivity contribution in [1.29, 1.82) is 0 Å². The summed E-state index contributed by atoms with van der Waals surface area (Å²) in [5.74, 6) is 0.377. The van der Waals surface area contributed by atoms with Crippen molar-refractivity contribution in [1.82, 2.24) is 0 Å². The van der Waals surface area contributed by atoms with Gasteiger partial charge in [0.1, 0.15) is 0 Å². The van der Waals surface area contributed by atoms with Crippen LogP contribution in [0.25, 0.3) is 0 Å². The Balaban J connectivity index is 4.02. The molecule has 0 fully saturated rings. The van der Waals surface area contributed by atoms with E-state index in [9.17, 15) is 0 Å². The van der Waals surface area contributed by atoms with Crippen molar-refractivity contribution in [3.8, 4) is 0 Å². The van der Waals surface area contributed by atoms with E-state index in [4.69, 9.17) is 10.2 Å². The fourth-order valence-electron chi connectivity index (χ4n) is 0.854. The van der Waals surface area contributed by atoms with E-state index < -0.39 is 0 Å². The number of rotatable bonds is 4. The Hall–Kier alpha value is -0.0800. The lowest BCUT2D eigenvalue weighted by atomic mass is 9.78. The van der Waals surface area contributed by atoms with Gasteiger partial charge in [0.25, 0.3) is 0 Å². The van der Waals surface area contributed by atoms with Crippen LogP contribution in [0.3, 0.4) is 0 Å². The molecule has 0 aliphatic carbocycles. The molecular formula is C8H18O2. The lowest BCUT2D eigenvalue weighted by Gasteiger charge is -2.30. The largest absolute Gasteiger partial charge is 0.396 e. The van der Waals surface area contributed by atoms with Gasteiger partial charge in [-0.2, -0.15) is 0 Å². The minimum atomic E-state index is -0.297. The third kappa shape index (κ3) is 1.96. The fraction of sp³-hybridized carbons (Fsp3) is 1.00. The highest BCUT2D eigenvalue weighted by atomic mass is 16.3. The van der Waals surface area contributed by atoms with E-state index >= 15 is 0 Å². The van der Waals surface area contributed by atoms with Gasteiger partial charge in [0.2, 0.25) is 0 Å². The summed E-state index contributed by atoms with van der Waals surface area (Å²) in [6.07, 6.45) is 0.998. The van der Waals surface area contributed by atoms with Crippen LogP contribution in [-0.2, 0) is 0 Å². The summed E-state index contributed by atoms with van der Waals surface area (Å²) in [6, 6.07) is 0. The van der Waals surface area contributed by atoms with Crippen molar-refractivity contribution in [2.24, 2.45) is 11.3 Å². The molecule has 2 nitrogen and oxygen atoms in total. The first kappa shape index (κ1) is 9.92. The maximum absolute atomic E-state index is 8.93. The molecule has 0 saturated carbocycles. The summed E-state index contributed by atoms with van der Waals surface area (Å²) in [5, 5.41) is 17.9. The van der Waals surface area contributed by atoms with E-state index in [-0.39, 0.29) is 18.6 Å². The van der Waals surface area contributed by atoms with Gasteiger partial charge in [-0.05, 0) is 5.92 Å². The summed E-state index contributed by atoms with van der Waals surface area (Å²) in [7, 11) is 0. The van der Waals surface area contributed by atoms with Gasteiger partial charge >= 0.3 is 0 Å². The molecule has 0 aromatic carbocycles. The summed E-state index contributed by atoms with van der Waals surface area (Å²) in [6.45, 7) is 6.15. The van der Waals surface area contributed by atoms with Crippen LogP contribution in [0, 0.1) is 11.3 Å². The molecule has 0 unspecified atom stereocenters. The molecule has 0 heterocycles. The van der Waals surface area contributed by atoms with Crippen LogP contribution < -0.4 is 0 Å². The third-order valence-corrected chi connectivity index (χ3v) is 2.52. The summed E-state index contributed by atoms with van der Waals surface area (Å²) in [4.78, 5) is 0. The Morgan fingerprint density at radius 2 is 1.70 bits per heavy atom. The predicted molar refractivity (Wildman–Crippen MR) is 41.7 cm³/mol. The van der Waals surface area contributed by atoms with E-state index in [1.807, 2.05) is 13.8 Å². The smallest absolute Gasteiger partial charge is 0.0509 e. The lowest BCUT2D eigenvalue weighted by molar-refractivity contribution is 0.0243. The highest BCUT2D eigenvalue weighted by Crippen LogP contribution is 2.27. The number of aliphatic hydroxyl groups is 2. The molecule has 0 saturated heterocycles. The van der Waals surface area contributed by atoms with Crippen molar-refractivity contribution in [2.75, 3.05) is 13.2 Å². The van der Waals surface area contributed by atoms with E-state index in [0.717, 1.165) is 6.42 Å². The van der Waals surface area contributed by atoms with Gasteiger partial charge in [-0.1, -0.05) is 27.2 Å². The van der Waals surface area contributed by atoms with Gasteiger partial charge in [-0.15, -0.1) is 0 Å². The first-order chi connectivity index (χ1) is 4.60. The van der Waals surface area contributed by atoms with E-state index in [1.165, 1.54) is 0 Å². The van der Waals surface area contributed by atoms with Crippen molar-refractivity contribution in [3.63, 3.8) is 0 Å². The first-order valence-corrected chi connectivity index (χ1v) is 3.82. The molecule has 0 aromatic heterocycles. The van der Waals surface area contributed by atoms with Crippen LogP contribution in [0.2, 0.25) is 0 Å². The second-order valence-corrected chi connectivity index (χ2v) is 3.28. The van der Waals surface area contributed by atoms with Gasteiger partial charge in [0, 0.05) is 5.41 Å². The normalized spacial score (nSPS) is 15.3. The molecule has 1 atom stereocenters. The standard InChI is InChI=1S/C8H18O2/c1-4-7(2)8(3,5-9)6-10/h7,9-10H,4-6H2,1-3H3/t7-/m1/s1. The Kier molecular flexibility index (Phi) is 3.91. The lowest BCUT2D eigenvalue weighted by Crippen LogP contribution is -2.32. The van der Waals surface area contributed by atoms with Crippen LogP contribution in [-0.4, -0.2) is 23.4 Å². The first-order valence-electron chi connectivity index (χ1n) is 3.82. The molecule has 0 spiro atoms. The molecule has 0 bridgehead atoms. The van der Waals surface area contributed by atoms with Crippen molar-refractivity contribution in [3.05, 3.63) is 0 Å². The zero-order valence-electron chi connectivity index (χ0n) is 7.09. The minimum absolute atomic E-state index is 0.0680. The summed E-state index contributed by atoms with van der Waals surface area (Å²) in [5.41, 5.74) is -0.297. The Morgan fingerprint density at radius 1 is 1.30 bits per heavy atom. The molecule has 0 amide bonds. The monoisotopic (exact) mass is 146 g/mol. The van der Waals surface area contributed by atoms with E-state index in [0.29, 0.717) is 5.92 Å². The average Bonchev–Trinajstić information content (AvgIpc) is 2.01. The molecule has 0 aliphatic heterocycles. The number of aliphatic hydroxyl groups excluding tert-OH is 2. The second kappa shape index (κ2) is 3.94. The molecule has 2 heteroatoms. The Labute approximate surface area is 62.9 Å². The highest BCUT2D eigenvalue weighted by molar-refractivity contribution is 4.77.